The summed E-state index contributed by atoms with van der Waals surface area (Å²) < 4.78 is 18.8. The van der Waals surface area contributed by atoms with Gasteiger partial charge < -0.3 is 15.4 Å². The SMILES string of the molecule is O=C(NCc1ccccc1F)c1cc(NC(=O)C2CCOC2)ccc1Cl. The molecule has 2 N–H and O–H groups in total. The molecule has 5 nitrogen and oxygen atoms in total. The maximum absolute atomic E-state index is 13.6. The zero-order valence-electron chi connectivity index (χ0n) is 13.9. The molecule has 0 aromatic heterocycles. The lowest BCUT2D eigenvalue weighted by Gasteiger charge is -2.12. The number of benzene rings is 2. The smallest absolute Gasteiger partial charge is 0.253 e. The topological polar surface area (TPSA) is 67.4 Å². The number of halogens is 2. The Morgan fingerprint density at radius 2 is 2.04 bits per heavy atom. The van der Waals surface area contributed by atoms with E-state index in [1.54, 1.807) is 30.3 Å². The van der Waals surface area contributed by atoms with Crippen LogP contribution in [0.15, 0.2) is 42.5 Å². The third-order valence-corrected chi connectivity index (χ3v) is 4.51. The molecule has 1 saturated heterocycles. The van der Waals surface area contributed by atoms with Crippen molar-refractivity contribution in [3.8, 4) is 0 Å². The van der Waals surface area contributed by atoms with Crippen molar-refractivity contribution in [3.63, 3.8) is 0 Å². The zero-order chi connectivity index (χ0) is 18.5. The molecule has 2 amide bonds. The Balaban J connectivity index is 1.67. The summed E-state index contributed by atoms with van der Waals surface area (Å²) in [6.45, 7) is 1.01. The molecule has 2 aromatic carbocycles. The standard InChI is InChI=1S/C19H18ClFN2O3/c20-16-6-5-14(23-18(24)13-7-8-26-11-13)9-15(16)19(25)22-10-12-3-1-2-4-17(12)21/h1-6,9,13H,7-8,10-11H2,(H,22,25)(H,23,24). The molecule has 7 heteroatoms. The van der Waals surface area contributed by atoms with E-state index >= 15 is 0 Å². The van der Waals surface area contributed by atoms with Crippen LogP contribution in [0, 0.1) is 11.7 Å². The summed E-state index contributed by atoms with van der Waals surface area (Å²) in [6.07, 6.45) is 0.676. The first-order chi connectivity index (χ1) is 12.5. The number of hydrogen-bond acceptors (Lipinski definition) is 3. The molecular formula is C19H18ClFN2O3. The van der Waals surface area contributed by atoms with Crippen LogP contribution in [0.1, 0.15) is 22.3 Å². The van der Waals surface area contributed by atoms with Gasteiger partial charge in [-0.3, -0.25) is 9.59 Å². The molecule has 26 heavy (non-hydrogen) atoms. The van der Waals surface area contributed by atoms with Crippen LogP contribution < -0.4 is 10.6 Å². The number of ether oxygens (including phenoxy) is 1. The van der Waals surface area contributed by atoms with Gasteiger partial charge in [0.2, 0.25) is 5.91 Å². The quantitative estimate of drug-likeness (QED) is 0.840. The number of rotatable bonds is 5. The van der Waals surface area contributed by atoms with Gasteiger partial charge in [0.25, 0.3) is 5.91 Å². The van der Waals surface area contributed by atoms with Gasteiger partial charge in [0, 0.05) is 24.4 Å². The van der Waals surface area contributed by atoms with Crippen LogP contribution in [0.25, 0.3) is 0 Å². The van der Waals surface area contributed by atoms with Gasteiger partial charge in [-0.2, -0.15) is 0 Å². The van der Waals surface area contributed by atoms with E-state index in [4.69, 9.17) is 16.3 Å². The molecule has 1 aliphatic rings. The minimum Gasteiger partial charge on any atom is -0.381 e. The highest BCUT2D eigenvalue weighted by Gasteiger charge is 2.24. The third kappa shape index (κ3) is 4.39. The average Bonchev–Trinajstić information content (AvgIpc) is 3.17. The third-order valence-electron chi connectivity index (χ3n) is 4.18. The lowest BCUT2D eigenvalue weighted by molar-refractivity contribution is -0.119. The fraction of sp³-hybridized carbons (Fsp3) is 0.263. The van der Waals surface area contributed by atoms with Gasteiger partial charge >= 0.3 is 0 Å². The fourth-order valence-corrected chi connectivity index (χ4v) is 2.88. The van der Waals surface area contributed by atoms with E-state index in [-0.39, 0.29) is 29.0 Å². The molecule has 1 atom stereocenters. The molecule has 1 unspecified atom stereocenters. The maximum atomic E-state index is 13.6. The van der Waals surface area contributed by atoms with E-state index in [1.165, 1.54) is 12.1 Å². The molecule has 0 aliphatic carbocycles. The van der Waals surface area contributed by atoms with Crippen LogP contribution in [0.3, 0.4) is 0 Å². The van der Waals surface area contributed by atoms with Crippen molar-refractivity contribution in [1.29, 1.82) is 0 Å². The Kier molecular flexibility index (Phi) is 5.85. The van der Waals surface area contributed by atoms with Crippen molar-refractivity contribution in [1.82, 2.24) is 5.32 Å². The second-order valence-corrected chi connectivity index (χ2v) is 6.43. The molecule has 0 bridgehead atoms. The Bertz CT molecular complexity index is 822. The Morgan fingerprint density at radius 3 is 2.77 bits per heavy atom. The first-order valence-corrected chi connectivity index (χ1v) is 8.62. The van der Waals surface area contributed by atoms with Crippen LogP contribution in [-0.4, -0.2) is 25.0 Å². The van der Waals surface area contributed by atoms with E-state index in [2.05, 4.69) is 10.6 Å². The first kappa shape index (κ1) is 18.4. The molecule has 0 spiro atoms. The lowest BCUT2D eigenvalue weighted by Crippen LogP contribution is -2.25. The van der Waals surface area contributed by atoms with Crippen molar-refractivity contribution in [3.05, 3.63) is 64.4 Å². The van der Waals surface area contributed by atoms with E-state index < -0.39 is 11.7 Å². The normalized spacial score (nSPS) is 16.3. The minimum absolute atomic E-state index is 0.0395. The molecular weight excluding hydrogens is 359 g/mol. The minimum atomic E-state index is -0.446. The van der Waals surface area contributed by atoms with Crippen LogP contribution in [0.4, 0.5) is 10.1 Å². The molecule has 3 rings (SSSR count). The van der Waals surface area contributed by atoms with Crippen LogP contribution in [0.2, 0.25) is 5.02 Å². The van der Waals surface area contributed by atoms with Gasteiger partial charge in [-0.1, -0.05) is 29.8 Å². The van der Waals surface area contributed by atoms with Crippen molar-refractivity contribution in [2.45, 2.75) is 13.0 Å². The van der Waals surface area contributed by atoms with Gasteiger partial charge in [0.05, 0.1) is 23.1 Å². The largest absolute Gasteiger partial charge is 0.381 e. The molecule has 0 radical (unpaired) electrons. The second-order valence-electron chi connectivity index (χ2n) is 6.02. The zero-order valence-corrected chi connectivity index (χ0v) is 14.7. The number of carbonyl (C=O) groups excluding carboxylic acids is 2. The molecule has 1 aliphatic heterocycles. The highest BCUT2D eigenvalue weighted by molar-refractivity contribution is 6.34. The van der Waals surface area contributed by atoms with Crippen LogP contribution >= 0.6 is 11.6 Å². The van der Waals surface area contributed by atoms with Gasteiger partial charge in [0.1, 0.15) is 5.82 Å². The number of anilines is 1. The lowest BCUT2D eigenvalue weighted by atomic mass is 10.1. The van der Waals surface area contributed by atoms with Gasteiger partial charge in [-0.05, 0) is 30.7 Å². The van der Waals surface area contributed by atoms with E-state index in [0.717, 1.165) is 0 Å². The highest BCUT2D eigenvalue weighted by Crippen LogP contribution is 2.22. The molecule has 1 heterocycles. The number of hydrogen-bond donors (Lipinski definition) is 2. The van der Waals surface area contributed by atoms with Crippen molar-refractivity contribution < 1.29 is 18.7 Å². The summed E-state index contributed by atoms with van der Waals surface area (Å²) in [6, 6.07) is 10.9. The van der Waals surface area contributed by atoms with Crippen molar-refractivity contribution in [2.24, 2.45) is 5.92 Å². The van der Waals surface area contributed by atoms with Gasteiger partial charge in [-0.15, -0.1) is 0 Å². The monoisotopic (exact) mass is 376 g/mol. The van der Waals surface area contributed by atoms with Gasteiger partial charge in [-0.25, -0.2) is 4.39 Å². The van der Waals surface area contributed by atoms with Gasteiger partial charge in [0.15, 0.2) is 0 Å². The summed E-state index contributed by atoms with van der Waals surface area (Å²) in [5.41, 5.74) is 1.06. The Hall–Kier alpha value is -2.44. The number of carbonyl (C=O) groups is 2. The summed E-state index contributed by atoms with van der Waals surface area (Å²) in [5, 5.41) is 5.66. The molecule has 0 saturated carbocycles. The summed E-state index contributed by atoms with van der Waals surface area (Å²) >= 11 is 6.10. The predicted octanol–water partition coefficient (Wildman–Crippen LogP) is 3.38. The predicted molar refractivity (Wildman–Crippen MR) is 96.6 cm³/mol. The van der Waals surface area contributed by atoms with E-state index in [0.29, 0.717) is 30.9 Å². The maximum Gasteiger partial charge on any atom is 0.253 e. The fourth-order valence-electron chi connectivity index (χ4n) is 2.68. The number of nitrogens with one attached hydrogen (secondary N) is 2. The van der Waals surface area contributed by atoms with Crippen LogP contribution in [0.5, 0.6) is 0 Å². The first-order valence-electron chi connectivity index (χ1n) is 8.24. The van der Waals surface area contributed by atoms with Crippen LogP contribution in [-0.2, 0) is 16.1 Å². The Labute approximate surface area is 155 Å². The number of amides is 2. The summed E-state index contributed by atoms with van der Waals surface area (Å²) in [4.78, 5) is 24.6. The summed E-state index contributed by atoms with van der Waals surface area (Å²) in [7, 11) is 0. The highest BCUT2D eigenvalue weighted by atomic mass is 35.5. The van der Waals surface area contributed by atoms with E-state index in [1.807, 2.05) is 0 Å². The molecule has 1 fully saturated rings. The van der Waals surface area contributed by atoms with Crippen molar-refractivity contribution >= 4 is 29.1 Å². The summed E-state index contributed by atoms with van der Waals surface area (Å²) in [5.74, 6) is -1.18. The average molecular weight is 377 g/mol. The molecule has 136 valence electrons. The Morgan fingerprint density at radius 1 is 1.23 bits per heavy atom. The van der Waals surface area contributed by atoms with Crippen molar-refractivity contribution in [2.75, 3.05) is 18.5 Å². The molecule has 2 aromatic rings. The second kappa shape index (κ2) is 8.29. The van der Waals surface area contributed by atoms with E-state index in [9.17, 15) is 14.0 Å².